The monoisotopic (exact) mass is 444 g/mol. The second kappa shape index (κ2) is 9.73. The highest BCUT2D eigenvalue weighted by Crippen LogP contribution is 2.22. The van der Waals surface area contributed by atoms with E-state index in [0.717, 1.165) is 41.0 Å². The lowest BCUT2D eigenvalue weighted by Crippen LogP contribution is -2.28. The van der Waals surface area contributed by atoms with Crippen LogP contribution in [0.15, 0.2) is 65.7 Å². The maximum absolute atomic E-state index is 13.0. The molecule has 0 saturated carbocycles. The number of aromatic nitrogens is 3. The van der Waals surface area contributed by atoms with Crippen molar-refractivity contribution in [3.05, 3.63) is 82.4 Å². The number of aryl methyl sites for hydroxylation is 2. The molecule has 0 spiro atoms. The van der Waals surface area contributed by atoms with Gasteiger partial charge in [0, 0.05) is 23.6 Å². The number of benzene rings is 2. The average Bonchev–Trinajstić information content (AvgIpc) is 3.24. The predicted molar refractivity (Wildman–Crippen MR) is 130 cm³/mol. The second-order valence-corrected chi connectivity index (χ2v) is 8.13. The first-order valence-corrected chi connectivity index (χ1v) is 11.1. The topological polar surface area (TPSA) is 77.6 Å². The van der Waals surface area contributed by atoms with Crippen molar-refractivity contribution in [1.29, 1.82) is 0 Å². The van der Waals surface area contributed by atoms with E-state index in [1.165, 1.54) is 4.57 Å². The highest BCUT2D eigenvalue weighted by Gasteiger charge is 2.13. The van der Waals surface area contributed by atoms with Crippen molar-refractivity contribution >= 4 is 17.1 Å². The lowest BCUT2D eigenvalue weighted by atomic mass is 10.1. The molecule has 0 fully saturated rings. The summed E-state index contributed by atoms with van der Waals surface area (Å²) < 4.78 is 8.65. The Hall–Kier alpha value is -3.87. The van der Waals surface area contributed by atoms with E-state index in [4.69, 9.17) is 4.74 Å². The zero-order valence-corrected chi connectivity index (χ0v) is 19.2. The van der Waals surface area contributed by atoms with E-state index in [1.54, 1.807) is 23.0 Å². The second-order valence-electron chi connectivity index (χ2n) is 8.13. The fraction of sp³-hybridized carbons (Fsp3) is 0.269. The first kappa shape index (κ1) is 22.3. The van der Waals surface area contributed by atoms with Crippen LogP contribution in [-0.2, 0) is 11.3 Å². The lowest BCUT2D eigenvalue weighted by molar-refractivity contribution is -0.116. The summed E-state index contributed by atoms with van der Waals surface area (Å²) in [5.74, 6) is 0.561. The molecule has 4 aromatic rings. The zero-order valence-electron chi connectivity index (χ0n) is 19.2. The van der Waals surface area contributed by atoms with Crippen LogP contribution in [0.2, 0.25) is 0 Å². The Morgan fingerprint density at radius 1 is 1.06 bits per heavy atom. The molecule has 170 valence electrons. The normalized spacial score (nSPS) is 11.0. The first-order valence-electron chi connectivity index (χ1n) is 11.1. The number of unbranched alkanes of at least 4 members (excludes halogenated alkanes) is 1. The smallest absolute Gasteiger partial charge is 0.277 e. The Labute approximate surface area is 192 Å². The summed E-state index contributed by atoms with van der Waals surface area (Å²) in [6.07, 6.45) is 5.38. The van der Waals surface area contributed by atoms with Crippen molar-refractivity contribution in [2.45, 2.75) is 40.2 Å². The summed E-state index contributed by atoms with van der Waals surface area (Å²) in [6, 6.07) is 15.3. The predicted octanol–water partition coefficient (Wildman–Crippen LogP) is 4.60. The summed E-state index contributed by atoms with van der Waals surface area (Å²) in [7, 11) is 0. The third-order valence-electron chi connectivity index (χ3n) is 5.58. The van der Waals surface area contributed by atoms with E-state index in [1.807, 2.05) is 56.3 Å². The molecule has 0 unspecified atom stereocenters. The van der Waals surface area contributed by atoms with Crippen LogP contribution in [0.5, 0.6) is 5.75 Å². The molecule has 0 saturated heterocycles. The van der Waals surface area contributed by atoms with Gasteiger partial charge in [0.2, 0.25) is 5.91 Å². The van der Waals surface area contributed by atoms with Gasteiger partial charge in [-0.1, -0.05) is 31.5 Å². The third-order valence-corrected chi connectivity index (χ3v) is 5.58. The number of hydrogen-bond acceptors (Lipinski definition) is 4. The molecule has 7 heteroatoms. The molecule has 4 rings (SSSR count). The van der Waals surface area contributed by atoms with Gasteiger partial charge in [0.25, 0.3) is 5.56 Å². The Kier molecular flexibility index (Phi) is 6.58. The van der Waals surface area contributed by atoms with Crippen LogP contribution in [0.4, 0.5) is 5.69 Å². The zero-order chi connectivity index (χ0) is 23.4. The number of fused-ring (bicyclic) bond motifs is 1. The number of amides is 1. The number of ether oxygens (including phenoxy) is 1. The van der Waals surface area contributed by atoms with Gasteiger partial charge in [-0.05, 0) is 61.7 Å². The van der Waals surface area contributed by atoms with Gasteiger partial charge in [0.05, 0.1) is 12.3 Å². The van der Waals surface area contributed by atoms with Crippen LogP contribution in [0.25, 0.3) is 16.8 Å². The SMILES string of the molecule is CCCCOc1ccc(-c2cc3c(=O)n(CC(=O)Nc4c(C)cccc4C)ccn3n2)cc1. The maximum atomic E-state index is 13.0. The molecule has 7 nitrogen and oxygen atoms in total. The van der Waals surface area contributed by atoms with Gasteiger partial charge in [-0.15, -0.1) is 0 Å². The number of anilines is 1. The van der Waals surface area contributed by atoms with E-state index in [9.17, 15) is 9.59 Å². The highest BCUT2D eigenvalue weighted by molar-refractivity contribution is 5.92. The summed E-state index contributed by atoms with van der Waals surface area (Å²) in [5, 5.41) is 7.45. The largest absolute Gasteiger partial charge is 0.494 e. The van der Waals surface area contributed by atoms with Crippen molar-refractivity contribution in [3.8, 4) is 17.0 Å². The molecule has 0 aliphatic heterocycles. The summed E-state index contributed by atoms with van der Waals surface area (Å²) in [5.41, 5.74) is 4.46. The van der Waals surface area contributed by atoms with E-state index in [0.29, 0.717) is 17.8 Å². The van der Waals surface area contributed by atoms with Gasteiger partial charge >= 0.3 is 0 Å². The minimum Gasteiger partial charge on any atom is -0.494 e. The van der Waals surface area contributed by atoms with E-state index in [2.05, 4.69) is 17.3 Å². The Morgan fingerprint density at radius 2 is 1.79 bits per heavy atom. The molecule has 2 aromatic heterocycles. The van der Waals surface area contributed by atoms with E-state index >= 15 is 0 Å². The van der Waals surface area contributed by atoms with Crippen LogP contribution < -0.4 is 15.6 Å². The summed E-state index contributed by atoms with van der Waals surface area (Å²) in [4.78, 5) is 25.6. The Morgan fingerprint density at radius 3 is 2.48 bits per heavy atom. The number of nitrogens with zero attached hydrogens (tertiary/aromatic N) is 3. The number of carbonyl (C=O) groups is 1. The van der Waals surface area contributed by atoms with Crippen molar-refractivity contribution in [2.24, 2.45) is 0 Å². The molecule has 0 radical (unpaired) electrons. The lowest BCUT2D eigenvalue weighted by Gasteiger charge is -2.12. The molecule has 2 heterocycles. The highest BCUT2D eigenvalue weighted by atomic mass is 16.5. The molecular formula is C26H28N4O3. The quantitative estimate of drug-likeness (QED) is 0.403. The fourth-order valence-electron chi connectivity index (χ4n) is 3.69. The molecule has 0 bridgehead atoms. The van der Waals surface area contributed by atoms with E-state index in [-0.39, 0.29) is 18.0 Å². The van der Waals surface area contributed by atoms with Gasteiger partial charge < -0.3 is 14.6 Å². The van der Waals surface area contributed by atoms with Gasteiger partial charge in [0.15, 0.2) is 0 Å². The number of hydrogen-bond donors (Lipinski definition) is 1. The molecule has 0 aliphatic rings. The maximum Gasteiger partial charge on any atom is 0.277 e. The van der Waals surface area contributed by atoms with Gasteiger partial charge in [-0.2, -0.15) is 5.10 Å². The third kappa shape index (κ3) is 4.98. The minimum atomic E-state index is -0.271. The standard InChI is InChI=1S/C26H28N4O3/c1-4-5-15-33-21-11-9-20(10-12-21)22-16-23-26(32)29(13-14-30(23)28-22)17-24(31)27-25-18(2)7-6-8-19(25)3/h6-14,16H,4-5,15,17H2,1-3H3,(H,27,31). The minimum absolute atomic E-state index is 0.0760. The molecule has 33 heavy (non-hydrogen) atoms. The molecule has 2 aromatic carbocycles. The van der Waals surface area contributed by atoms with E-state index < -0.39 is 0 Å². The van der Waals surface area contributed by atoms with Crippen LogP contribution in [0.3, 0.4) is 0 Å². The molecule has 0 aliphatic carbocycles. The van der Waals surface area contributed by atoms with Crippen LogP contribution >= 0.6 is 0 Å². The Bertz CT molecular complexity index is 1320. The Balaban J connectivity index is 1.52. The number of para-hydroxylation sites is 1. The van der Waals surface area contributed by atoms with Gasteiger partial charge in [-0.3, -0.25) is 9.59 Å². The fourth-order valence-corrected chi connectivity index (χ4v) is 3.69. The van der Waals surface area contributed by atoms with Crippen LogP contribution in [0.1, 0.15) is 30.9 Å². The number of rotatable bonds is 8. The first-order chi connectivity index (χ1) is 16.0. The van der Waals surface area contributed by atoms with Crippen molar-refractivity contribution < 1.29 is 9.53 Å². The van der Waals surface area contributed by atoms with Crippen molar-refractivity contribution in [1.82, 2.24) is 14.2 Å². The summed E-state index contributed by atoms with van der Waals surface area (Å²) in [6.45, 7) is 6.63. The number of carbonyl (C=O) groups excluding carboxylic acids is 1. The van der Waals surface area contributed by atoms with Gasteiger partial charge in [0.1, 0.15) is 17.8 Å². The molecule has 1 N–H and O–H groups in total. The molecule has 1 amide bonds. The average molecular weight is 445 g/mol. The van der Waals surface area contributed by atoms with Crippen LogP contribution in [0, 0.1) is 13.8 Å². The molecule has 0 atom stereocenters. The van der Waals surface area contributed by atoms with Crippen molar-refractivity contribution in [2.75, 3.05) is 11.9 Å². The molecular weight excluding hydrogens is 416 g/mol. The number of nitrogens with one attached hydrogen (secondary N) is 1. The van der Waals surface area contributed by atoms with Crippen LogP contribution in [-0.4, -0.2) is 26.7 Å². The summed E-state index contributed by atoms with van der Waals surface area (Å²) >= 11 is 0. The van der Waals surface area contributed by atoms with Crippen molar-refractivity contribution in [3.63, 3.8) is 0 Å². The van der Waals surface area contributed by atoms with Gasteiger partial charge in [-0.25, -0.2) is 4.52 Å².